The fourth-order valence-corrected chi connectivity index (χ4v) is 4.00. The van der Waals surface area contributed by atoms with E-state index in [1.807, 2.05) is 29.7 Å². The minimum atomic E-state index is 0.471. The Kier molecular flexibility index (Phi) is 4.58. The van der Waals surface area contributed by atoms with Gasteiger partial charge in [-0.1, -0.05) is 6.07 Å². The van der Waals surface area contributed by atoms with Crippen molar-refractivity contribution in [3.63, 3.8) is 0 Å². The van der Waals surface area contributed by atoms with Gasteiger partial charge in [0.1, 0.15) is 0 Å². The molecule has 0 amide bonds. The summed E-state index contributed by atoms with van der Waals surface area (Å²) < 4.78 is 1.18. The number of hydrogen-bond donors (Lipinski definition) is 1. The molecule has 2 heterocycles. The highest BCUT2D eigenvalue weighted by Crippen LogP contribution is 2.28. The Morgan fingerprint density at radius 3 is 2.88 bits per heavy atom. The second-order valence-electron chi connectivity index (χ2n) is 3.63. The van der Waals surface area contributed by atoms with Gasteiger partial charge in [0.2, 0.25) is 0 Å². The van der Waals surface area contributed by atoms with E-state index < -0.39 is 0 Å². The molecule has 1 unspecified atom stereocenters. The molecule has 1 nitrogen and oxygen atoms in total. The van der Waals surface area contributed by atoms with Gasteiger partial charge in [-0.25, -0.2) is 0 Å². The fourth-order valence-electron chi connectivity index (χ4n) is 1.68. The maximum atomic E-state index is 3.50. The lowest BCUT2D eigenvalue weighted by atomic mass is 10.1. The van der Waals surface area contributed by atoms with Crippen molar-refractivity contribution in [3.05, 3.63) is 43.2 Å². The molecule has 16 heavy (non-hydrogen) atoms. The van der Waals surface area contributed by atoms with Gasteiger partial charge in [0.15, 0.2) is 0 Å². The standard InChI is InChI=1S/C12H14BrNS2/c1-14-11(12-7-9(13)8-16-12)5-4-10-3-2-6-15-10/h2-3,6-8,11,14H,4-5H2,1H3. The van der Waals surface area contributed by atoms with Gasteiger partial charge in [0.05, 0.1) is 0 Å². The Hall–Kier alpha value is -0.160. The van der Waals surface area contributed by atoms with Crippen LogP contribution in [0.1, 0.15) is 22.2 Å². The van der Waals surface area contributed by atoms with Crippen LogP contribution in [-0.4, -0.2) is 7.05 Å². The van der Waals surface area contributed by atoms with E-state index in [9.17, 15) is 0 Å². The highest BCUT2D eigenvalue weighted by atomic mass is 79.9. The quantitative estimate of drug-likeness (QED) is 0.858. The molecule has 0 bridgehead atoms. The van der Waals surface area contributed by atoms with Crippen molar-refractivity contribution in [3.8, 4) is 0 Å². The summed E-state index contributed by atoms with van der Waals surface area (Å²) in [5.74, 6) is 0. The van der Waals surface area contributed by atoms with Crippen LogP contribution in [0, 0.1) is 0 Å². The van der Waals surface area contributed by atoms with Crippen LogP contribution in [0.4, 0.5) is 0 Å². The summed E-state index contributed by atoms with van der Waals surface area (Å²) in [7, 11) is 2.03. The Morgan fingerprint density at radius 2 is 2.31 bits per heavy atom. The Balaban J connectivity index is 1.96. The minimum Gasteiger partial charge on any atom is -0.312 e. The van der Waals surface area contributed by atoms with Crippen LogP contribution in [0.15, 0.2) is 33.4 Å². The average Bonchev–Trinajstić information content (AvgIpc) is 2.91. The first-order chi connectivity index (χ1) is 7.79. The van der Waals surface area contributed by atoms with Crippen molar-refractivity contribution in [1.29, 1.82) is 0 Å². The summed E-state index contributed by atoms with van der Waals surface area (Å²) in [6.45, 7) is 0. The number of hydrogen-bond acceptors (Lipinski definition) is 3. The third kappa shape index (κ3) is 3.17. The average molecular weight is 316 g/mol. The lowest BCUT2D eigenvalue weighted by Gasteiger charge is -2.13. The van der Waals surface area contributed by atoms with E-state index in [1.54, 1.807) is 0 Å². The molecule has 0 aliphatic heterocycles. The van der Waals surface area contributed by atoms with E-state index in [-0.39, 0.29) is 0 Å². The molecule has 86 valence electrons. The van der Waals surface area contributed by atoms with Gasteiger partial charge in [0.25, 0.3) is 0 Å². The molecule has 0 aromatic carbocycles. The van der Waals surface area contributed by atoms with Crippen molar-refractivity contribution in [2.45, 2.75) is 18.9 Å². The predicted octanol–water partition coefficient (Wildman–Crippen LogP) is 4.47. The highest BCUT2D eigenvalue weighted by molar-refractivity contribution is 9.10. The Bertz CT molecular complexity index is 422. The molecule has 0 spiro atoms. The van der Waals surface area contributed by atoms with Crippen LogP contribution >= 0.6 is 38.6 Å². The molecule has 0 saturated heterocycles. The third-order valence-corrected chi connectivity index (χ3v) is 5.28. The maximum Gasteiger partial charge on any atom is 0.0416 e. The number of halogens is 1. The SMILES string of the molecule is CNC(CCc1cccs1)c1cc(Br)cs1. The van der Waals surface area contributed by atoms with Crippen LogP contribution in [0.5, 0.6) is 0 Å². The molecule has 2 aromatic rings. The molecule has 1 N–H and O–H groups in total. The summed E-state index contributed by atoms with van der Waals surface area (Å²) in [6.07, 6.45) is 2.31. The van der Waals surface area contributed by atoms with Crippen molar-refractivity contribution in [2.75, 3.05) is 7.05 Å². The summed E-state index contributed by atoms with van der Waals surface area (Å²) >= 11 is 7.16. The van der Waals surface area contributed by atoms with Gasteiger partial charge < -0.3 is 5.32 Å². The largest absolute Gasteiger partial charge is 0.312 e. The summed E-state index contributed by atoms with van der Waals surface area (Å²) in [4.78, 5) is 2.88. The van der Waals surface area contributed by atoms with E-state index in [1.165, 1.54) is 14.2 Å². The zero-order valence-corrected chi connectivity index (χ0v) is 12.3. The van der Waals surface area contributed by atoms with Gasteiger partial charge in [-0.2, -0.15) is 0 Å². The van der Waals surface area contributed by atoms with Crippen LogP contribution in [0.3, 0.4) is 0 Å². The van der Waals surface area contributed by atoms with Gasteiger partial charge in [-0.05, 0) is 53.3 Å². The van der Waals surface area contributed by atoms with Crippen LogP contribution < -0.4 is 5.32 Å². The number of rotatable bonds is 5. The smallest absolute Gasteiger partial charge is 0.0416 e. The zero-order chi connectivity index (χ0) is 11.4. The first-order valence-electron chi connectivity index (χ1n) is 5.23. The molecule has 4 heteroatoms. The van der Waals surface area contributed by atoms with Crippen molar-refractivity contribution >= 4 is 38.6 Å². The van der Waals surface area contributed by atoms with Crippen LogP contribution in [0.25, 0.3) is 0 Å². The zero-order valence-electron chi connectivity index (χ0n) is 9.07. The molecule has 2 aromatic heterocycles. The van der Waals surface area contributed by atoms with E-state index in [2.05, 4.69) is 50.2 Å². The van der Waals surface area contributed by atoms with Gasteiger partial charge >= 0.3 is 0 Å². The molecule has 0 fully saturated rings. The topological polar surface area (TPSA) is 12.0 Å². The van der Waals surface area contributed by atoms with E-state index >= 15 is 0 Å². The molecule has 2 rings (SSSR count). The number of nitrogens with one attached hydrogen (secondary N) is 1. The van der Waals surface area contributed by atoms with Gasteiger partial charge in [0, 0.05) is 25.6 Å². The van der Waals surface area contributed by atoms with Crippen LogP contribution in [-0.2, 0) is 6.42 Å². The molecule has 0 aliphatic rings. The molecule has 0 saturated carbocycles. The summed E-state index contributed by atoms with van der Waals surface area (Å²) in [5, 5.41) is 7.68. The second-order valence-corrected chi connectivity index (χ2v) is 6.52. The molecule has 0 aliphatic carbocycles. The number of aryl methyl sites for hydroxylation is 1. The summed E-state index contributed by atoms with van der Waals surface area (Å²) in [5.41, 5.74) is 0. The third-order valence-electron chi connectivity index (χ3n) is 2.54. The van der Waals surface area contributed by atoms with E-state index in [0.717, 1.165) is 12.8 Å². The van der Waals surface area contributed by atoms with Crippen molar-refractivity contribution < 1.29 is 0 Å². The highest BCUT2D eigenvalue weighted by Gasteiger charge is 2.11. The molecular formula is C12H14BrNS2. The van der Waals surface area contributed by atoms with Crippen molar-refractivity contribution in [1.82, 2.24) is 5.32 Å². The van der Waals surface area contributed by atoms with E-state index in [4.69, 9.17) is 0 Å². The van der Waals surface area contributed by atoms with Crippen LogP contribution in [0.2, 0.25) is 0 Å². The molecular weight excluding hydrogens is 302 g/mol. The first kappa shape index (κ1) is 12.3. The molecule has 0 radical (unpaired) electrons. The first-order valence-corrected chi connectivity index (χ1v) is 7.78. The monoisotopic (exact) mass is 315 g/mol. The molecule has 1 atom stereocenters. The van der Waals surface area contributed by atoms with Gasteiger partial charge in [-0.3, -0.25) is 0 Å². The van der Waals surface area contributed by atoms with Gasteiger partial charge in [-0.15, -0.1) is 22.7 Å². The van der Waals surface area contributed by atoms with E-state index in [0.29, 0.717) is 6.04 Å². The second kappa shape index (κ2) is 5.96. The summed E-state index contributed by atoms with van der Waals surface area (Å²) in [6, 6.07) is 7.01. The lowest BCUT2D eigenvalue weighted by Crippen LogP contribution is -2.15. The fraction of sp³-hybridized carbons (Fsp3) is 0.333. The van der Waals surface area contributed by atoms with Crippen molar-refractivity contribution in [2.24, 2.45) is 0 Å². The predicted molar refractivity (Wildman–Crippen MR) is 76.5 cm³/mol. The normalized spacial score (nSPS) is 12.9. The Morgan fingerprint density at radius 1 is 1.44 bits per heavy atom. The lowest BCUT2D eigenvalue weighted by molar-refractivity contribution is 0.560. The Labute approximate surface area is 113 Å². The number of thiophene rings is 2. The maximum absolute atomic E-state index is 3.50. The minimum absolute atomic E-state index is 0.471.